The van der Waals surface area contributed by atoms with E-state index in [-0.39, 0.29) is 0 Å². The van der Waals surface area contributed by atoms with Crippen LogP contribution in [0.3, 0.4) is 0 Å². The zero-order chi connectivity index (χ0) is 13.1. The molecule has 1 N–H and O–H groups in total. The van der Waals surface area contributed by atoms with Crippen molar-refractivity contribution in [3.05, 3.63) is 29.5 Å². The molecule has 0 saturated carbocycles. The van der Waals surface area contributed by atoms with Crippen molar-refractivity contribution in [3.63, 3.8) is 0 Å². The zero-order valence-corrected chi connectivity index (χ0v) is 11.4. The summed E-state index contributed by atoms with van der Waals surface area (Å²) in [6, 6.07) is 3.84. The van der Waals surface area contributed by atoms with Crippen molar-refractivity contribution in [2.24, 2.45) is 0 Å². The van der Waals surface area contributed by atoms with Crippen molar-refractivity contribution in [1.29, 1.82) is 0 Å². The monoisotopic (exact) mass is 274 g/mol. The summed E-state index contributed by atoms with van der Waals surface area (Å²) < 4.78 is 1.78. The lowest BCUT2D eigenvalue weighted by Crippen LogP contribution is -2.13. The minimum Gasteiger partial charge on any atom is -0.310 e. The van der Waals surface area contributed by atoms with Crippen LogP contribution >= 0.6 is 11.3 Å². The molecule has 0 aliphatic carbocycles. The Bertz CT molecular complexity index is 659. The van der Waals surface area contributed by atoms with Gasteiger partial charge in [-0.15, -0.1) is 10.2 Å². The van der Waals surface area contributed by atoms with Crippen LogP contribution in [-0.2, 0) is 6.54 Å². The van der Waals surface area contributed by atoms with E-state index in [4.69, 9.17) is 0 Å². The first-order valence-corrected chi connectivity index (χ1v) is 7.02. The van der Waals surface area contributed by atoms with Crippen LogP contribution in [0.1, 0.15) is 18.4 Å². The molecule has 0 fully saturated rings. The Morgan fingerprint density at radius 3 is 3.11 bits per heavy atom. The van der Waals surface area contributed by atoms with Gasteiger partial charge in [-0.2, -0.15) is 9.61 Å². The van der Waals surface area contributed by atoms with Crippen molar-refractivity contribution in [2.45, 2.75) is 19.9 Å². The second-order valence-electron chi connectivity index (χ2n) is 4.13. The highest BCUT2D eigenvalue weighted by molar-refractivity contribution is 7.16. The summed E-state index contributed by atoms with van der Waals surface area (Å²) >= 11 is 1.56. The number of fused-ring (bicyclic) bond motifs is 1. The Morgan fingerprint density at radius 2 is 2.32 bits per heavy atom. The largest absolute Gasteiger partial charge is 0.310 e. The third kappa shape index (κ3) is 2.47. The minimum absolute atomic E-state index is 0.737. The van der Waals surface area contributed by atoms with Crippen LogP contribution in [0.25, 0.3) is 16.3 Å². The van der Waals surface area contributed by atoms with Gasteiger partial charge in [0.2, 0.25) is 4.96 Å². The predicted molar refractivity (Wildman–Crippen MR) is 73.9 cm³/mol. The SMILES string of the molecule is CCCNCc1nn2c(-c3cccnc3)nnc2s1. The third-order valence-corrected chi connectivity index (χ3v) is 3.55. The highest BCUT2D eigenvalue weighted by Crippen LogP contribution is 2.20. The van der Waals surface area contributed by atoms with E-state index in [2.05, 4.69) is 32.5 Å². The van der Waals surface area contributed by atoms with Gasteiger partial charge in [-0.25, -0.2) is 0 Å². The highest BCUT2D eigenvalue weighted by Gasteiger charge is 2.12. The molecular weight excluding hydrogens is 260 g/mol. The summed E-state index contributed by atoms with van der Waals surface area (Å²) in [5, 5.41) is 17.2. The first-order chi connectivity index (χ1) is 9.38. The molecule has 0 atom stereocenters. The van der Waals surface area contributed by atoms with Gasteiger partial charge in [0.15, 0.2) is 5.82 Å². The summed E-state index contributed by atoms with van der Waals surface area (Å²) in [5.41, 5.74) is 0.924. The normalized spacial score (nSPS) is 11.2. The molecule has 0 amide bonds. The molecule has 98 valence electrons. The Kier molecular flexibility index (Phi) is 3.47. The van der Waals surface area contributed by atoms with E-state index in [1.165, 1.54) is 0 Å². The zero-order valence-electron chi connectivity index (χ0n) is 10.6. The van der Waals surface area contributed by atoms with Gasteiger partial charge >= 0.3 is 0 Å². The molecule has 0 saturated heterocycles. The quantitative estimate of drug-likeness (QED) is 0.718. The Balaban J connectivity index is 1.90. The van der Waals surface area contributed by atoms with Gasteiger partial charge in [-0.3, -0.25) is 4.98 Å². The van der Waals surface area contributed by atoms with E-state index in [0.29, 0.717) is 0 Å². The Labute approximate surface area is 114 Å². The summed E-state index contributed by atoms with van der Waals surface area (Å²) in [7, 11) is 0. The van der Waals surface area contributed by atoms with Crippen molar-refractivity contribution in [1.82, 2.24) is 30.1 Å². The Hall–Kier alpha value is -1.86. The van der Waals surface area contributed by atoms with Gasteiger partial charge in [0.1, 0.15) is 5.01 Å². The Morgan fingerprint density at radius 1 is 1.37 bits per heavy atom. The lowest BCUT2D eigenvalue weighted by Gasteiger charge is -1.97. The van der Waals surface area contributed by atoms with Crippen molar-refractivity contribution in [3.8, 4) is 11.4 Å². The molecule has 6 nitrogen and oxygen atoms in total. The molecule has 19 heavy (non-hydrogen) atoms. The smallest absolute Gasteiger partial charge is 0.235 e. The fourth-order valence-electron chi connectivity index (χ4n) is 1.78. The van der Waals surface area contributed by atoms with Crippen molar-refractivity contribution in [2.75, 3.05) is 6.54 Å². The topological polar surface area (TPSA) is 68.0 Å². The molecule has 0 aromatic carbocycles. The van der Waals surface area contributed by atoms with Crippen molar-refractivity contribution < 1.29 is 0 Å². The molecule has 0 bridgehead atoms. The first kappa shape index (κ1) is 12.2. The van der Waals surface area contributed by atoms with Crippen LogP contribution in [0.4, 0.5) is 0 Å². The molecule has 0 unspecified atom stereocenters. The first-order valence-electron chi connectivity index (χ1n) is 6.20. The number of pyridine rings is 1. The summed E-state index contributed by atoms with van der Waals surface area (Å²) in [5.74, 6) is 0.737. The maximum Gasteiger partial charge on any atom is 0.235 e. The number of hydrogen-bond donors (Lipinski definition) is 1. The van der Waals surface area contributed by atoms with Crippen LogP contribution < -0.4 is 5.32 Å². The lowest BCUT2D eigenvalue weighted by atomic mass is 10.3. The van der Waals surface area contributed by atoms with E-state index in [0.717, 1.165) is 40.9 Å². The molecule has 3 rings (SSSR count). The predicted octanol–water partition coefficient (Wildman–Crippen LogP) is 1.75. The molecular formula is C12H14N6S. The van der Waals surface area contributed by atoms with Gasteiger partial charge in [0.05, 0.1) is 0 Å². The molecule has 0 aliphatic rings. The van der Waals surface area contributed by atoms with Gasteiger partial charge in [-0.05, 0) is 25.1 Å². The minimum atomic E-state index is 0.737. The maximum atomic E-state index is 4.54. The fraction of sp³-hybridized carbons (Fsp3) is 0.333. The second-order valence-corrected chi connectivity index (χ2v) is 5.17. The summed E-state index contributed by atoms with van der Waals surface area (Å²) in [4.78, 5) is 4.91. The number of aromatic nitrogens is 5. The van der Waals surface area contributed by atoms with E-state index < -0.39 is 0 Å². The standard InChI is InChI=1S/C12H14N6S/c1-2-5-13-8-10-17-18-11(15-16-12(18)19-10)9-4-3-6-14-7-9/h3-4,6-7,13H,2,5,8H2,1H3. The fourth-order valence-corrected chi connectivity index (χ4v) is 2.58. The number of nitrogens with one attached hydrogen (secondary N) is 1. The van der Waals surface area contributed by atoms with Gasteiger partial charge in [-0.1, -0.05) is 18.3 Å². The molecule has 3 heterocycles. The van der Waals surface area contributed by atoms with Gasteiger partial charge < -0.3 is 5.32 Å². The number of nitrogens with zero attached hydrogens (tertiary/aromatic N) is 5. The highest BCUT2D eigenvalue weighted by atomic mass is 32.1. The third-order valence-electron chi connectivity index (χ3n) is 2.66. The average molecular weight is 274 g/mol. The number of rotatable bonds is 5. The molecule has 7 heteroatoms. The molecule has 0 aliphatic heterocycles. The summed E-state index contributed by atoms with van der Waals surface area (Å²) in [6.45, 7) is 3.91. The van der Waals surface area contributed by atoms with Crippen LogP contribution in [0.5, 0.6) is 0 Å². The lowest BCUT2D eigenvalue weighted by molar-refractivity contribution is 0.665. The van der Waals surface area contributed by atoms with E-state index in [1.807, 2.05) is 12.1 Å². The van der Waals surface area contributed by atoms with Gasteiger partial charge in [0, 0.05) is 24.5 Å². The van der Waals surface area contributed by atoms with Crippen LogP contribution in [-0.4, -0.2) is 31.3 Å². The van der Waals surface area contributed by atoms with E-state index in [9.17, 15) is 0 Å². The molecule has 3 aromatic heterocycles. The van der Waals surface area contributed by atoms with E-state index in [1.54, 1.807) is 28.2 Å². The second kappa shape index (κ2) is 5.41. The molecule has 0 spiro atoms. The average Bonchev–Trinajstić information content (AvgIpc) is 3.00. The van der Waals surface area contributed by atoms with Crippen molar-refractivity contribution >= 4 is 16.3 Å². The van der Waals surface area contributed by atoms with Crippen LogP contribution in [0.2, 0.25) is 0 Å². The summed E-state index contributed by atoms with van der Waals surface area (Å²) in [6.07, 6.45) is 4.62. The van der Waals surface area contributed by atoms with Crippen LogP contribution in [0.15, 0.2) is 24.5 Å². The van der Waals surface area contributed by atoms with Gasteiger partial charge in [0.25, 0.3) is 0 Å². The molecule has 3 aromatic rings. The van der Waals surface area contributed by atoms with Crippen LogP contribution in [0, 0.1) is 0 Å². The maximum absolute atomic E-state index is 4.54. The molecule has 0 radical (unpaired) electrons. The number of hydrogen-bond acceptors (Lipinski definition) is 6. The van der Waals surface area contributed by atoms with E-state index >= 15 is 0 Å².